The Labute approximate surface area is 250 Å². The standard InChI is InChI=1S/C29H32F3N5O3S2/c1-20-7-9-26(41-20)27(38)33-34-28(39)40-18-17-36-15-13-35(14-16-36)11-4-12-37-22-5-2-3-6-24(22)42-25-10-8-21(19-23(25)37)29(30,31)32/h2-3,5-10,19H,4,11-18H2,1H3,(H,33,38)(H,34,39). The van der Waals surface area contributed by atoms with Crippen LogP contribution in [0.4, 0.5) is 29.3 Å². The Kier molecular flexibility index (Phi) is 9.61. The summed E-state index contributed by atoms with van der Waals surface area (Å²) in [6.45, 7) is 7.46. The molecule has 0 atom stereocenters. The molecular formula is C29H32F3N5O3S2. The van der Waals surface area contributed by atoms with E-state index in [1.807, 2.05) is 42.2 Å². The number of nitrogens with zero attached hydrogens (tertiary/aromatic N) is 3. The summed E-state index contributed by atoms with van der Waals surface area (Å²) in [7, 11) is 0. The summed E-state index contributed by atoms with van der Waals surface area (Å²) < 4.78 is 45.6. The van der Waals surface area contributed by atoms with Crippen molar-refractivity contribution < 1.29 is 27.5 Å². The van der Waals surface area contributed by atoms with Gasteiger partial charge in [-0.2, -0.15) is 13.2 Å². The van der Waals surface area contributed by atoms with Crippen molar-refractivity contribution in [3.63, 3.8) is 0 Å². The zero-order chi connectivity index (χ0) is 29.7. The van der Waals surface area contributed by atoms with Gasteiger partial charge in [0.2, 0.25) is 0 Å². The van der Waals surface area contributed by atoms with Crippen molar-refractivity contribution in [2.45, 2.75) is 29.3 Å². The second kappa shape index (κ2) is 13.4. The summed E-state index contributed by atoms with van der Waals surface area (Å²) in [6.07, 6.45) is -4.30. The lowest BCUT2D eigenvalue weighted by molar-refractivity contribution is -0.137. The number of amides is 2. The van der Waals surface area contributed by atoms with Crippen LogP contribution in [0.15, 0.2) is 64.4 Å². The first kappa shape index (κ1) is 30.2. The highest BCUT2D eigenvalue weighted by Gasteiger charge is 2.33. The van der Waals surface area contributed by atoms with Gasteiger partial charge in [-0.05, 0) is 62.4 Å². The molecule has 2 aromatic carbocycles. The van der Waals surface area contributed by atoms with E-state index in [9.17, 15) is 22.8 Å². The van der Waals surface area contributed by atoms with Gasteiger partial charge < -0.3 is 14.5 Å². The fraction of sp³-hybridized carbons (Fsp3) is 0.379. The van der Waals surface area contributed by atoms with Crippen LogP contribution < -0.4 is 15.8 Å². The van der Waals surface area contributed by atoms with E-state index < -0.39 is 17.8 Å². The molecule has 3 heterocycles. The molecule has 0 radical (unpaired) electrons. The minimum Gasteiger partial charge on any atom is -0.447 e. The Balaban J connectivity index is 1.04. The average Bonchev–Trinajstić information content (AvgIpc) is 3.42. The maximum Gasteiger partial charge on any atom is 0.426 e. The minimum absolute atomic E-state index is 0.200. The molecule has 1 saturated heterocycles. The number of nitrogens with one attached hydrogen (secondary N) is 2. The van der Waals surface area contributed by atoms with Crippen molar-refractivity contribution in [3.05, 3.63) is 69.9 Å². The first-order valence-corrected chi connectivity index (χ1v) is 15.3. The van der Waals surface area contributed by atoms with Crippen molar-refractivity contribution in [3.8, 4) is 0 Å². The van der Waals surface area contributed by atoms with E-state index in [4.69, 9.17) is 4.74 Å². The predicted octanol–water partition coefficient (Wildman–Crippen LogP) is 5.76. The van der Waals surface area contributed by atoms with E-state index >= 15 is 0 Å². The lowest BCUT2D eigenvalue weighted by Crippen LogP contribution is -2.48. The van der Waals surface area contributed by atoms with Gasteiger partial charge in [0.25, 0.3) is 5.91 Å². The molecule has 0 unspecified atom stereocenters. The number of carbonyl (C=O) groups excluding carboxylic acids is 2. The van der Waals surface area contributed by atoms with Crippen molar-refractivity contribution in [1.29, 1.82) is 0 Å². The van der Waals surface area contributed by atoms with Crippen LogP contribution in [0, 0.1) is 6.92 Å². The molecule has 0 bridgehead atoms. The largest absolute Gasteiger partial charge is 0.447 e. The lowest BCUT2D eigenvalue weighted by atomic mass is 10.1. The molecule has 2 aliphatic heterocycles. The van der Waals surface area contributed by atoms with E-state index in [0.717, 1.165) is 65.6 Å². The average molecular weight is 620 g/mol. The topological polar surface area (TPSA) is 77.1 Å². The smallest absolute Gasteiger partial charge is 0.426 e. The number of fused-ring (bicyclic) bond motifs is 2. The van der Waals surface area contributed by atoms with Crippen molar-refractivity contribution in [2.75, 3.05) is 57.3 Å². The molecule has 0 spiro atoms. The summed E-state index contributed by atoms with van der Waals surface area (Å²) in [6, 6.07) is 15.3. The van der Waals surface area contributed by atoms with E-state index in [-0.39, 0.29) is 12.5 Å². The number of para-hydroxylation sites is 1. The molecule has 3 aromatic rings. The SMILES string of the molecule is Cc1ccc(C(=O)NNC(=O)OCCN2CCN(CCCN3c4ccccc4Sc4ccc(C(F)(F)F)cc43)CC2)s1. The Hall–Kier alpha value is -3.26. The highest BCUT2D eigenvalue weighted by atomic mass is 32.2. The van der Waals surface area contributed by atoms with E-state index in [1.54, 1.807) is 12.1 Å². The number of halogens is 3. The number of hydrogen-bond donors (Lipinski definition) is 2. The van der Waals surface area contributed by atoms with Crippen LogP contribution >= 0.6 is 23.1 Å². The number of aryl methyl sites for hydroxylation is 1. The third kappa shape index (κ3) is 7.57. The molecule has 0 aliphatic carbocycles. The molecule has 1 aromatic heterocycles. The number of piperazine rings is 1. The van der Waals surface area contributed by atoms with Crippen LogP contribution in [0.5, 0.6) is 0 Å². The summed E-state index contributed by atoms with van der Waals surface area (Å²) in [5.41, 5.74) is 5.51. The molecule has 5 rings (SSSR count). The summed E-state index contributed by atoms with van der Waals surface area (Å²) >= 11 is 2.84. The second-order valence-electron chi connectivity index (χ2n) is 10.1. The molecule has 2 amide bonds. The maximum atomic E-state index is 13.5. The molecule has 8 nitrogen and oxygen atoms in total. The summed E-state index contributed by atoms with van der Waals surface area (Å²) in [4.78, 5) is 33.9. The monoisotopic (exact) mass is 619 g/mol. The summed E-state index contributed by atoms with van der Waals surface area (Å²) in [5.74, 6) is -0.389. The lowest BCUT2D eigenvalue weighted by Gasteiger charge is -2.36. The number of hydrogen-bond acceptors (Lipinski definition) is 8. The third-order valence-corrected chi connectivity index (χ3v) is 9.29. The number of thiophene rings is 1. The predicted molar refractivity (Wildman–Crippen MR) is 158 cm³/mol. The maximum absolute atomic E-state index is 13.5. The molecule has 42 heavy (non-hydrogen) atoms. The minimum atomic E-state index is -4.39. The van der Waals surface area contributed by atoms with Gasteiger partial charge >= 0.3 is 12.3 Å². The highest BCUT2D eigenvalue weighted by Crippen LogP contribution is 2.49. The van der Waals surface area contributed by atoms with Crippen LogP contribution in [0.1, 0.15) is 26.5 Å². The zero-order valence-electron chi connectivity index (χ0n) is 23.1. The quantitative estimate of drug-likeness (QED) is 0.311. The van der Waals surface area contributed by atoms with Gasteiger partial charge in [0, 0.05) is 53.9 Å². The Bertz CT molecular complexity index is 1410. The van der Waals surface area contributed by atoms with E-state index in [1.165, 1.54) is 29.2 Å². The number of carbonyl (C=O) groups is 2. The van der Waals surface area contributed by atoms with Crippen LogP contribution in [0.25, 0.3) is 0 Å². The number of ether oxygens (including phenoxy) is 1. The Morgan fingerprint density at radius 3 is 2.31 bits per heavy atom. The second-order valence-corrected chi connectivity index (χ2v) is 12.4. The van der Waals surface area contributed by atoms with E-state index in [0.29, 0.717) is 23.7 Å². The summed E-state index contributed by atoms with van der Waals surface area (Å²) in [5, 5.41) is 0. The first-order valence-electron chi connectivity index (χ1n) is 13.7. The van der Waals surface area contributed by atoms with Crippen LogP contribution in [0.2, 0.25) is 0 Å². The third-order valence-electron chi connectivity index (χ3n) is 7.16. The molecule has 1 fully saturated rings. The Morgan fingerprint density at radius 1 is 0.881 bits per heavy atom. The van der Waals surface area contributed by atoms with Crippen LogP contribution in [-0.2, 0) is 10.9 Å². The van der Waals surface area contributed by atoms with Gasteiger partial charge in [-0.25, -0.2) is 10.2 Å². The van der Waals surface area contributed by atoms with Crippen LogP contribution in [0.3, 0.4) is 0 Å². The van der Waals surface area contributed by atoms with Gasteiger partial charge in [-0.15, -0.1) is 11.3 Å². The fourth-order valence-electron chi connectivity index (χ4n) is 4.96. The van der Waals surface area contributed by atoms with Gasteiger partial charge in [-0.3, -0.25) is 15.1 Å². The van der Waals surface area contributed by atoms with Crippen molar-refractivity contribution in [2.24, 2.45) is 0 Å². The van der Waals surface area contributed by atoms with Crippen LogP contribution in [-0.4, -0.2) is 74.2 Å². The van der Waals surface area contributed by atoms with Gasteiger partial charge in [-0.1, -0.05) is 23.9 Å². The number of benzene rings is 2. The number of hydrazine groups is 1. The van der Waals surface area contributed by atoms with Gasteiger partial charge in [0.1, 0.15) is 6.61 Å². The molecule has 13 heteroatoms. The van der Waals surface area contributed by atoms with Gasteiger partial charge in [0.05, 0.1) is 21.8 Å². The normalized spacial score (nSPS) is 15.6. The number of alkyl halides is 3. The highest BCUT2D eigenvalue weighted by molar-refractivity contribution is 7.99. The Morgan fingerprint density at radius 2 is 1.60 bits per heavy atom. The first-order chi connectivity index (χ1) is 20.2. The van der Waals surface area contributed by atoms with Gasteiger partial charge in [0.15, 0.2) is 0 Å². The molecule has 2 aliphatic rings. The fourth-order valence-corrected chi connectivity index (χ4v) is 6.80. The molecule has 224 valence electrons. The van der Waals surface area contributed by atoms with Crippen molar-refractivity contribution >= 4 is 46.5 Å². The number of anilines is 2. The molecule has 2 N–H and O–H groups in total. The zero-order valence-corrected chi connectivity index (χ0v) is 24.7. The van der Waals surface area contributed by atoms with Crippen molar-refractivity contribution in [1.82, 2.24) is 20.7 Å². The van der Waals surface area contributed by atoms with E-state index in [2.05, 4.69) is 20.7 Å². The molecule has 0 saturated carbocycles. The molecular weight excluding hydrogens is 587 g/mol. The number of rotatable bonds is 8.